The lowest BCUT2D eigenvalue weighted by atomic mass is 10.1. The van der Waals surface area contributed by atoms with E-state index in [0.717, 1.165) is 46.3 Å². The van der Waals surface area contributed by atoms with Crippen LogP contribution in [0.4, 0.5) is 0 Å². The molecule has 3 rings (SSSR count). The van der Waals surface area contributed by atoms with Crippen molar-refractivity contribution in [3.63, 3.8) is 0 Å². The first-order valence-corrected chi connectivity index (χ1v) is 9.67. The smallest absolute Gasteiger partial charge is 0.253 e. The first-order valence-electron chi connectivity index (χ1n) is 7.80. The zero-order valence-corrected chi connectivity index (χ0v) is 14.8. The van der Waals surface area contributed by atoms with Crippen LogP contribution in [0, 0.1) is 6.92 Å². The first-order chi connectivity index (χ1) is 11.1. The minimum absolute atomic E-state index is 0.0897. The van der Waals surface area contributed by atoms with Crippen molar-refractivity contribution >= 4 is 29.0 Å². The van der Waals surface area contributed by atoms with Gasteiger partial charge in [0.1, 0.15) is 0 Å². The van der Waals surface area contributed by atoms with Crippen LogP contribution >= 0.6 is 23.1 Å². The molecule has 0 saturated carbocycles. The number of nitrogens with two attached hydrogens (primary N) is 1. The zero-order chi connectivity index (χ0) is 16.2. The summed E-state index contributed by atoms with van der Waals surface area (Å²) in [5.41, 5.74) is 7.81. The summed E-state index contributed by atoms with van der Waals surface area (Å²) in [5, 5.41) is 3.20. The Labute approximate surface area is 145 Å². The fourth-order valence-electron chi connectivity index (χ4n) is 2.70. The third kappa shape index (κ3) is 4.34. The summed E-state index contributed by atoms with van der Waals surface area (Å²) in [6, 6.07) is 7.97. The van der Waals surface area contributed by atoms with E-state index in [-0.39, 0.29) is 11.9 Å². The Hall–Kier alpha value is -1.37. The maximum atomic E-state index is 12.5. The van der Waals surface area contributed by atoms with E-state index in [1.54, 1.807) is 23.1 Å². The van der Waals surface area contributed by atoms with E-state index >= 15 is 0 Å². The van der Waals surface area contributed by atoms with Crippen molar-refractivity contribution in [2.75, 3.05) is 13.1 Å². The molecule has 1 aliphatic heterocycles. The molecule has 1 atom stereocenters. The number of thiazole rings is 1. The van der Waals surface area contributed by atoms with Gasteiger partial charge >= 0.3 is 0 Å². The SMILES string of the molecule is Cc1nc(CSc2ccc(C(=O)N3CCCC(N)C3)cc2)cs1. The number of likely N-dealkylation sites (tertiary alicyclic amines) is 1. The Morgan fingerprint density at radius 1 is 1.43 bits per heavy atom. The fraction of sp³-hybridized carbons (Fsp3) is 0.412. The maximum absolute atomic E-state index is 12.5. The van der Waals surface area contributed by atoms with E-state index in [4.69, 9.17) is 5.73 Å². The van der Waals surface area contributed by atoms with Gasteiger partial charge in [-0.25, -0.2) is 4.98 Å². The van der Waals surface area contributed by atoms with E-state index in [9.17, 15) is 4.79 Å². The Bertz CT molecular complexity index is 669. The number of rotatable bonds is 4. The van der Waals surface area contributed by atoms with Crippen molar-refractivity contribution in [1.82, 2.24) is 9.88 Å². The highest BCUT2D eigenvalue weighted by atomic mass is 32.2. The van der Waals surface area contributed by atoms with E-state index in [1.165, 1.54) is 0 Å². The van der Waals surface area contributed by atoms with Gasteiger partial charge in [0.2, 0.25) is 0 Å². The van der Waals surface area contributed by atoms with Crippen LogP contribution in [0.1, 0.15) is 33.9 Å². The van der Waals surface area contributed by atoms with Gasteiger partial charge in [0.25, 0.3) is 5.91 Å². The van der Waals surface area contributed by atoms with Crippen LogP contribution in [0.5, 0.6) is 0 Å². The minimum Gasteiger partial charge on any atom is -0.337 e. The van der Waals surface area contributed by atoms with Gasteiger partial charge in [-0.15, -0.1) is 23.1 Å². The number of carbonyl (C=O) groups excluding carboxylic acids is 1. The lowest BCUT2D eigenvalue weighted by molar-refractivity contribution is 0.0709. The van der Waals surface area contributed by atoms with Crippen molar-refractivity contribution in [2.24, 2.45) is 5.73 Å². The monoisotopic (exact) mass is 347 g/mol. The Morgan fingerprint density at radius 2 is 2.22 bits per heavy atom. The molecule has 1 fully saturated rings. The fourth-order valence-corrected chi connectivity index (χ4v) is 4.21. The molecular formula is C17H21N3OS2. The number of benzene rings is 1. The molecule has 23 heavy (non-hydrogen) atoms. The molecule has 4 nitrogen and oxygen atoms in total. The van der Waals surface area contributed by atoms with E-state index in [1.807, 2.05) is 36.1 Å². The second-order valence-electron chi connectivity index (χ2n) is 5.82. The van der Waals surface area contributed by atoms with Crippen molar-refractivity contribution in [3.05, 3.63) is 45.9 Å². The molecule has 2 heterocycles. The Balaban J connectivity index is 1.59. The molecule has 0 bridgehead atoms. The maximum Gasteiger partial charge on any atom is 0.253 e. The van der Waals surface area contributed by atoms with Crippen LogP contribution in [0.25, 0.3) is 0 Å². The van der Waals surface area contributed by atoms with E-state index in [2.05, 4.69) is 10.4 Å². The average molecular weight is 348 g/mol. The molecule has 2 aromatic rings. The van der Waals surface area contributed by atoms with Crippen LogP contribution in [0.3, 0.4) is 0 Å². The summed E-state index contributed by atoms with van der Waals surface area (Å²) in [7, 11) is 0. The summed E-state index contributed by atoms with van der Waals surface area (Å²) in [6.07, 6.45) is 2.00. The van der Waals surface area contributed by atoms with Gasteiger partial charge in [-0.3, -0.25) is 4.79 Å². The number of aromatic nitrogens is 1. The van der Waals surface area contributed by atoms with Crippen molar-refractivity contribution in [1.29, 1.82) is 0 Å². The molecule has 1 amide bonds. The standard InChI is InChI=1S/C17H21N3OS2/c1-12-19-15(10-22-12)11-23-16-6-4-13(5-7-16)17(21)20-8-2-3-14(18)9-20/h4-7,10,14H,2-3,8-9,11,18H2,1H3. The molecule has 1 unspecified atom stereocenters. The second-order valence-corrected chi connectivity index (χ2v) is 7.94. The highest BCUT2D eigenvalue weighted by Gasteiger charge is 2.22. The molecule has 6 heteroatoms. The van der Waals surface area contributed by atoms with Crippen LogP contribution in [-0.4, -0.2) is 34.9 Å². The number of hydrogen-bond donors (Lipinski definition) is 1. The van der Waals surface area contributed by atoms with Crippen LogP contribution in [0.2, 0.25) is 0 Å². The lowest BCUT2D eigenvalue weighted by Gasteiger charge is -2.30. The largest absolute Gasteiger partial charge is 0.337 e. The van der Waals surface area contributed by atoms with Gasteiger partial charge in [0, 0.05) is 40.7 Å². The number of amides is 1. The summed E-state index contributed by atoms with van der Waals surface area (Å²) < 4.78 is 0. The molecule has 1 aromatic carbocycles. The van der Waals surface area contributed by atoms with Crippen LogP contribution in [0.15, 0.2) is 34.5 Å². The van der Waals surface area contributed by atoms with Gasteiger partial charge in [-0.05, 0) is 44.0 Å². The van der Waals surface area contributed by atoms with E-state index < -0.39 is 0 Å². The van der Waals surface area contributed by atoms with E-state index in [0.29, 0.717) is 6.54 Å². The van der Waals surface area contributed by atoms with Gasteiger partial charge in [-0.2, -0.15) is 0 Å². The molecular weight excluding hydrogens is 326 g/mol. The summed E-state index contributed by atoms with van der Waals surface area (Å²) >= 11 is 3.42. The Kier molecular flexibility index (Phi) is 5.35. The highest BCUT2D eigenvalue weighted by molar-refractivity contribution is 7.98. The molecule has 2 N–H and O–H groups in total. The van der Waals surface area contributed by atoms with Crippen LogP contribution in [-0.2, 0) is 5.75 Å². The predicted octanol–water partition coefficient (Wildman–Crippen LogP) is 3.31. The molecule has 1 aliphatic rings. The van der Waals surface area contributed by atoms with Gasteiger partial charge < -0.3 is 10.6 Å². The number of carbonyl (C=O) groups is 1. The van der Waals surface area contributed by atoms with Crippen molar-refractivity contribution < 1.29 is 4.79 Å². The molecule has 122 valence electrons. The minimum atomic E-state index is 0.0897. The lowest BCUT2D eigenvalue weighted by Crippen LogP contribution is -2.45. The number of nitrogens with zero attached hydrogens (tertiary/aromatic N) is 2. The average Bonchev–Trinajstić information content (AvgIpc) is 2.98. The van der Waals surface area contributed by atoms with Gasteiger partial charge in [0.15, 0.2) is 0 Å². The predicted molar refractivity (Wildman–Crippen MR) is 96.0 cm³/mol. The number of hydrogen-bond acceptors (Lipinski definition) is 5. The number of piperidine rings is 1. The molecule has 1 aromatic heterocycles. The second kappa shape index (κ2) is 7.47. The third-order valence-electron chi connectivity index (χ3n) is 3.90. The molecule has 0 spiro atoms. The summed E-state index contributed by atoms with van der Waals surface area (Å²) in [4.78, 5) is 20.0. The van der Waals surface area contributed by atoms with Crippen LogP contribution < -0.4 is 5.73 Å². The molecule has 1 saturated heterocycles. The topological polar surface area (TPSA) is 59.2 Å². The van der Waals surface area contributed by atoms with Crippen molar-refractivity contribution in [2.45, 2.75) is 36.5 Å². The number of thioether (sulfide) groups is 1. The highest BCUT2D eigenvalue weighted by Crippen LogP contribution is 2.24. The quantitative estimate of drug-likeness (QED) is 0.862. The third-order valence-corrected chi connectivity index (χ3v) is 5.77. The zero-order valence-electron chi connectivity index (χ0n) is 13.2. The van der Waals surface area contributed by atoms with Gasteiger partial charge in [0.05, 0.1) is 10.7 Å². The molecule has 0 aliphatic carbocycles. The number of aryl methyl sites for hydroxylation is 1. The molecule has 0 radical (unpaired) electrons. The van der Waals surface area contributed by atoms with Crippen molar-refractivity contribution in [3.8, 4) is 0 Å². The van der Waals surface area contributed by atoms with Gasteiger partial charge in [-0.1, -0.05) is 0 Å². The Morgan fingerprint density at radius 3 is 2.87 bits per heavy atom. The first kappa shape index (κ1) is 16.5. The normalized spacial score (nSPS) is 18.2. The summed E-state index contributed by atoms with van der Waals surface area (Å²) in [6.45, 7) is 3.50. The summed E-state index contributed by atoms with van der Waals surface area (Å²) in [5.74, 6) is 0.949.